The normalized spacial score (nSPS) is 11.5. The summed E-state index contributed by atoms with van der Waals surface area (Å²) >= 11 is 0. The number of carbonyl (C=O) groups is 2. The Morgan fingerprint density at radius 3 is 2.30 bits per heavy atom. The molecule has 6 heteroatoms. The van der Waals surface area contributed by atoms with Gasteiger partial charge in [-0.05, 0) is 31.2 Å². The van der Waals surface area contributed by atoms with E-state index in [1.165, 1.54) is 0 Å². The molecule has 0 aliphatic heterocycles. The van der Waals surface area contributed by atoms with Gasteiger partial charge in [-0.1, -0.05) is 0 Å². The van der Waals surface area contributed by atoms with Crippen molar-refractivity contribution in [3.8, 4) is 11.5 Å². The van der Waals surface area contributed by atoms with E-state index in [1.54, 1.807) is 38.3 Å². The van der Waals surface area contributed by atoms with E-state index in [0.717, 1.165) is 0 Å². The molecule has 0 heterocycles. The topological polar surface area (TPSA) is 82.1 Å². The first kappa shape index (κ1) is 15.8. The van der Waals surface area contributed by atoms with Crippen LogP contribution >= 0.6 is 0 Å². The van der Waals surface area contributed by atoms with Crippen LogP contribution in [-0.2, 0) is 14.3 Å². The third-order valence-electron chi connectivity index (χ3n) is 2.60. The molecule has 1 rings (SSSR count). The molecule has 0 saturated heterocycles. The molecule has 110 valence electrons. The van der Waals surface area contributed by atoms with E-state index >= 15 is 0 Å². The number of ether oxygens (including phenoxy) is 3. The lowest BCUT2D eigenvalue weighted by molar-refractivity contribution is -0.158. The van der Waals surface area contributed by atoms with E-state index in [2.05, 4.69) is 0 Å². The average Bonchev–Trinajstić information content (AvgIpc) is 2.44. The molecule has 6 nitrogen and oxygen atoms in total. The fourth-order valence-corrected chi connectivity index (χ4v) is 1.55. The van der Waals surface area contributed by atoms with Gasteiger partial charge < -0.3 is 19.3 Å². The molecule has 0 amide bonds. The number of carbonyl (C=O) groups excluding carboxylic acids is 1. The molecular weight excluding hydrogens is 264 g/mol. The molecule has 0 aliphatic rings. The number of carboxylic acid groups (broad SMARTS) is 1. The summed E-state index contributed by atoms with van der Waals surface area (Å²) in [6.45, 7) is 1.90. The van der Waals surface area contributed by atoms with Crippen molar-refractivity contribution in [3.63, 3.8) is 0 Å². The van der Waals surface area contributed by atoms with Crippen molar-refractivity contribution in [1.82, 2.24) is 0 Å². The summed E-state index contributed by atoms with van der Waals surface area (Å²) in [7, 11) is 1.56. The fraction of sp³-hybridized carbons (Fsp3) is 0.429. The number of hydrogen-bond acceptors (Lipinski definition) is 5. The van der Waals surface area contributed by atoms with E-state index in [4.69, 9.17) is 19.3 Å². The molecule has 0 fully saturated rings. The number of benzene rings is 1. The Kier molecular flexibility index (Phi) is 6.36. The molecule has 0 aromatic heterocycles. The number of esters is 1. The van der Waals surface area contributed by atoms with E-state index in [9.17, 15) is 9.59 Å². The average molecular weight is 282 g/mol. The number of carboxylic acids is 1. The zero-order valence-electron chi connectivity index (χ0n) is 11.5. The van der Waals surface area contributed by atoms with Gasteiger partial charge in [0.25, 0.3) is 0 Å². The second-order valence-electron chi connectivity index (χ2n) is 3.96. The van der Waals surface area contributed by atoms with Crippen molar-refractivity contribution in [1.29, 1.82) is 0 Å². The molecule has 1 unspecified atom stereocenters. The quantitative estimate of drug-likeness (QED) is 0.577. The fourth-order valence-electron chi connectivity index (χ4n) is 1.55. The number of hydrogen-bond donors (Lipinski definition) is 1. The van der Waals surface area contributed by atoms with Crippen LogP contribution < -0.4 is 9.47 Å². The van der Waals surface area contributed by atoms with Crippen LogP contribution in [0, 0.1) is 5.92 Å². The highest BCUT2D eigenvalue weighted by Crippen LogP contribution is 2.17. The summed E-state index contributed by atoms with van der Waals surface area (Å²) in [6, 6.07) is 6.88. The number of aliphatic carboxylic acids is 1. The van der Waals surface area contributed by atoms with Crippen molar-refractivity contribution in [2.75, 3.05) is 20.3 Å². The first-order valence-electron chi connectivity index (χ1n) is 6.24. The minimum Gasteiger partial charge on any atom is -0.497 e. The van der Waals surface area contributed by atoms with E-state index in [0.29, 0.717) is 11.5 Å². The summed E-state index contributed by atoms with van der Waals surface area (Å²) in [5, 5.41) is 8.96. The summed E-state index contributed by atoms with van der Waals surface area (Å²) < 4.78 is 15.1. The Morgan fingerprint density at radius 1 is 1.20 bits per heavy atom. The highest BCUT2D eigenvalue weighted by Gasteiger charge is 2.27. The monoisotopic (exact) mass is 282 g/mol. The zero-order chi connectivity index (χ0) is 15.0. The summed E-state index contributed by atoms with van der Waals surface area (Å²) in [5.41, 5.74) is 0. The van der Waals surface area contributed by atoms with Crippen LogP contribution in [0.1, 0.15) is 13.3 Å². The van der Waals surface area contributed by atoms with Crippen LogP contribution in [-0.4, -0.2) is 37.4 Å². The van der Waals surface area contributed by atoms with Crippen molar-refractivity contribution < 1.29 is 28.9 Å². The molecule has 0 bridgehead atoms. The highest BCUT2D eigenvalue weighted by molar-refractivity contribution is 5.93. The number of rotatable bonds is 8. The summed E-state index contributed by atoms with van der Waals surface area (Å²) in [5.74, 6) is -1.86. The van der Waals surface area contributed by atoms with Crippen LogP contribution in [0.3, 0.4) is 0 Å². The molecular formula is C14H18O6. The Balaban J connectivity index is 2.47. The zero-order valence-corrected chi connectivity index (χ0v) is 11.5. The molecule has 1 atom stereocenters. The second kappa shape index (κ2) is 8.04. The lowest BCUT2D eigenvalue weighted by Crippen LogP contribution is -2.27. The SMILES string of the molecule is CCOC(=O)C(CCOc1ccc(OC)cc1)C(=O)O. The van der Waals surface area contributed by atoms with Gasteiger partial charge >= 0.3 is 11.9 Å². The Morgan fingerprint density at radius 2 is 1.80 bits per heavy atom. The van der Waals surface area contributed by atoms with Gasteiger partial charge in [0.1, 0.15) is 11.5 Å². The molecule has 1 aromatic rings. The van der Waals surface area contributed by atoms with E-state index in [-0.39, 0.29) is 19.6 Å². The molecule has 0 radical (unpaired) electrons. The predicted molar refractivity (Wildman–Crippen MR) is 70.9 cm³/mol. The molecule has 0 saturated carbocycles. The first-order valence-corrected chi connectivity index (χ1v) is 6.24. The third kappa shape index (κ3) is 4.79. The van der Waals surface area contributed by atoms with E-state index < -0.39 is 17.9 Å². The third-order valence-corrected chi connectivity index (χ3v) is 2.60. The van der Waals surface area contributed by atoms with Gasteiger partial charge in [-0.2, -0.15) is 0 Å². The molecule has 0 spiro atoms. The van der Waals surface area contributed by atoms with Crippen molar-refractivity contribution in [2.45, 2.75) is 13.3 Å². The van der Waals surface area contributed by atoms with Gasteiger partial charge in [-0.25, -0.2) is 0 Å². The van der Waals surface area contributed by atoms with Gasteiger partial charge in [-0.3, -0.25) is 9.59 Å². The Labute approximate surface area is 117 Å². The standard InChI is InChI=1S/C14H18O6/c1-3-19-14(17)12(13(15)16)8-9-20-11-6-4-10(18-2)5-7-11/h4-7,12H,3,8-9H2,1-2H3,(H,15,16). The van der Waals surface area contributed by atoms with E-state index in [1.807, 2.05) is 0 Å². The van der Waals surface area contributed by atoms with Crippen LogP contribution in [0.2, 0.25) is 0 Å². The maximum Gasteiger partial charge on any atom is 0.320 e. The Bertz CT molecular complexity index is 439. The highest BCUT2D eigenvalue weighted by atomic mass is 16.5. The van der Waals surface area contributed by atoms with Gasteiger partial charge in [0.05, 0.1) is 20.3 Å². The molecule has 0 aliphatic carbocycles. The summed E-state index contributed by atoms with van der Waals surface area (Å²) in [4.78, 5) is 22.4. The lowest BCUT2D eigenvalue weighted by Gasteiger charge is -2.12. The minimum absolute atomic E-state index is 0.0557. The maximum absolute atomic E-state index is 11.4. The van der Waals surface area contributed by atoms with Gasteiger partial charge in [-0.15, -0.1) is 0 Å². The van der Waals surface area contributed by atoms with Crippen molar-refractivity contribution in [2.24, 2.45) is 5.92 Å². The van der Waals surface area contributed by atoms with Gasteiger partial charge in [0.15, 0.2) is 5.92 Å². The largest absolute Gasteiger partial charge is 0.497 e. The second-order valence-corrected chi connectivity index (χ2v) is 3.96. The lowest BCUT2D eigenvalue weighted by atomic mass is 10.1. The van der Waals surface area contributed by atoms with Gasteiger partial charge in [0.2, 0.25) is 0 Å². The molecule has 1 aromatic carbocycles. The summed E-state index contributed by atoms with van der Waals surface area (Å²) in [6.07, 6.45) is 0.0557. The maximum atomic E-state index is 11.4. The molecule has 1 N–H and O–H groups in total. The minimum atomic E-state index is -1.21. The smallest absolute Gasteiger partial charge is 0.320 e. The van der Waals surface area contributed by atoms with Crippen LogP contribution in [0.4, 0.5) is 0 Å². The van der Waals surface area contributed by atoms with Crippen molar-refractivity contribution in [3.05, 3.63) is 24.3 Å². The van der Waals surface area contributed by atoms with Gasteiger partial charge in [0, 0.05) is 6.42 Å². The van der Waals surface area contributed by atoms with Crippen LogP contribution in [0.25, 0.3) is 0 Å². The number of methoxy groups -OCH3 is 1. The molecule has 20 heavy (non-hydrogen) atoms. The van der Waals surface area contributed by atoms with Crippen molar-refractivity contribution >= 4 is 11.9 Å². The van der Waals surface area contributed by atoms with Crippen LogP contribution in [0.5, 0.6) is 11.5 Å². The Hall–Kier alpha value is -2.24. The predicted octanol–water partition coefficient (Wildman–Crippen LogP) is 1.73. The first-order chi connectivity index (χ1) is 9.58. The van der Waals surface area contributed by atoms with Crippen LogP contribution in [0.15, 0.2) is 24.3 Å².